The van der Waals surface area contributed by atoms with Crippen LogP contribution in [0.5, 0.6) is 0 Å². The number of hydrogen-bond donors (Lipinski definition) is 1. The van der Waals surface area contributed by atoms with Gasteiger partial charge in [-0.1, -0.05) is 25.2 Å². The Hall–Kier alpha value is -1.18. The van der Waals surface area contributed by atoms with Crippen molar-refractivity contribution in [2.75, 3.05) is 6.54 Å². The van der Waals surface area contributed by atoms with E-state index in [1.54, 1.807) is 0 Å². The molecule has 0 aromatic carbocycles. The predicted molar refractivity (Wildman–Crippen MR) is 75.5 cm³/mol. The van der Waals surface area contributed by atoms with E-state index in [2.05, 4.69) is 63.6 Å². The summed E-state index contributed by atoms with van der Waals surface area (Å²) in [5.41, 5.74) is 2.80. The lowest BCUT2D eigenvalue weighted by Gasteiger charge is -2.51. The second-order valence-corrected chi connectivity index (χ2v) is 5.50. The summed E-state index contributed by atoms with van der Waals surface area (Å²) in [5.74, 6) is 1.01. The smallest absolute Gasteiger partial charge is 0.0985 e. The van der Waals surface area contributed by atoms with Gasteiger partial charge in [0.15, 0.2) is 0 Å². The number of likely N-dealkylation sites (tertiary alicyclic amines) is 1. The van der Waals surface area contributed by atoms with Gasteiger partial charge in [0.1, 0.15) is 0 Å². The normalized spacial score (nSPS) is 19.9. The number of rotatable bonds is 5. The number of allylic oxidation sites excluding steroid dienone is 4. The Labute approximate surface area is 106 Å². The highest BCUT2D eigenvalue weighted by atomic mass is 15.3. The molecule has 0 spiro atoms. The molecule has 0 aliphatic carbocycles. The van der Waals surface area contributed by atoms with Gasteiger partial charge in [0.05, 0.1) is 5.82 Å². The van der Waals surface area contributed by atoms with Crippen LogP contribution in [-0.2, 0) is 0 Å². The summed E-state index contributed by atoms with van der Waals surface area (Å²) in [7, 11) is 0. The van der Waals surface area contributed by atoms with Gasteiger partial charge in [-0.3, -0.25) is 0 Å². The average molecular weight is 234 g/mol. The van der Waals surface area contributed by atoms with E-state index in [0.29, 0.717) is 0 Å². The topological polar surface area (TPSA) is 15.3 Å². The molecule has 0 bridgehead atoms. The summed E-state index contributed by atoms with van der Waals surface area (Å²) in [6.07, 6.45) is 6.63. The van der Waals surface area contributed by atoms with Crippen LogP contribution in [-0.4, -0.2) is 17.0 Å². The fourth-order valence-electron chi connectivity index (χ4n) is 1.89. The van der Waals surface area contributed by atoms with Crippen molar-refractivity contribution in [2.24, 2.45) is 0 Å². The Balaban J connectivity index is 2.52. The van der Waals surface area contributed by atoms with Crippen LogP contribution in [0.25, 0.3) is 0 Å². The fourth-order valence-corrected chi connectivity index (χ4v) is 1.89. The standard InChI is InChI=1S/C15H26N2/c1-7-12(2)8-9-13(3)16-14(4)17-11-10-15(17,5)6/h8-9,16H,4,7,10-11H2,1-3,5-6H3/b12-8-,13-9+. The van der Waals surface area contributed by atoms with Gasteiger partial charge in [-0.25, -0.2) is 0 Å². The molecule has 0 saturated carbocycles. The zero-order chi connectivity index (χ0) is 13.1. The molecule has 1 aliphatic rings. The molecule has 1 fully saturated rings. The van der Waals surface area contributed by atoms with Crippen molar-refractivity contribution in [3.05, 3.63) is 35.8 Å². The van der Waals surface area contributed by atoms with Crippen LogP contribution < -0.4 is 5.32 Å². The van der Waals surface area contributed by atoms with Crippen molar-refractivity contribution in [3.63, 3.8) is 0 Å². The van der Waals surface area contributed by atoms with E-state index in [4.69, 9.17) is 0 Å². The van der Waals surface area contributed by atoms with Gasteiger partial charge in [0.25, 0.3) is 0 Å². The number of hydrogen-bond acceptors (Lipinski definition) is 2. The van der Waals surface area contributed by atoms with Crippen LogP contribution in [0.4, 0.5) is 0 Å². The Morgan fingerprint density at radius 3 is 2.41 bits per heavy atom. The summed E-state index contributed by atoms with van der Waals surface area (Å²) in [4.78, 5) is 2.32. The summed E-state index contributed by atoms with van der Waals surface area (Å²) in [5, 5.41) is 3.36. The van der Waals surface area contributed by atoms with E-state index in [1.165, 1.54) is 12.0 Å². The van der Waals surface area contributed by atoms with Crippen LogP contribution in [0.2, 0.25) is 0 Å². The van der Waals surface area contributed by atoms with Crippen molar-refractivity contribution >= 4 is 0 Å². The van der Waals surface area contributed by atoms with Gasteiger partial charge in [0.2, 0.25) is 0 Å². The Morgan fingerprint density at radius 2 is 2.00 bits per heavy atom. The molecule has 0 aromatic rings. The first-order chi connectivity index (χ1) is 7.86. The molecular weight excluding hydrogens is 208 g/mol. The zero-order valence-electron chi connectivity index (χ0n) is 11.9. The first-order valence-electron chi connectivity index (χ1n) is 6.44. The third-order valence-electron chi connectivity index (χ3n) is 3.52. The molecule has 0 amide bonds. The largest absolute Gasteiger partial charge is 0.353 e. The highest BCUT2D eigenvalue weighted by Crippen LogP contribution is 2.31. The third kappa shape index (κ3) is 3.65. The third-order valence-corrected chi connectivity index (χ3v) is 3.52. The van der Waals surface area contributed by atoms with Crippen molar-refractivity contribution in [1.82, 2.24) is 10.2 Å². The van der Waals surface area contributed by atoms with Crippen LogP contribution in [0.3, 0.4) is 0 Å². The van der Waals surface area contributed by atoms with Crippen molar-refractivity contribution in [1.29, 1.82) is 0 Å². The lowest BCUT2D eigenvalue weighted by Crippen LogP contribution is -2.56. The highest BCUT2D eigenvalue weighted by Gasteiger charge is 2.36. The molecule has 2 nitrogen and oxygen atoms in total. The summed E-state index contributed by atoms with van der Waals surface area (Å²) < 4.78 is 0. The molecule has 1 N–H and O–H groups in total. The monoisotopic (exact) mass is 234 g/mol. The first-order valence-corrected chi connectivity index (χ1v) is 6.44. The van der Waals surface area contributed by atoms with Gasteiger partial charge >= 0.3 is 0 Å². The van der Waals surface area contributed by atoms with Gasteiger partial charge in [-0.05, 0) is 46.6 Å². The second kappa shape index (κ2) is 5.44. The molecule has 0 aromatic heterocycles. The minimum Gasteiger partial charge on any atom is -0.353 e. The lowest BCUT2D eigenvalue weighted by atomic mass is 9.89. The molecule has 1 saturated heterocycles. The lowest BCUT2D eigenvalue weighted by molar-refractivity contribution is 0.0479. The van der Waals surface area contributed by atoms with Gasteiger partial charge in [-0.15, -0.1) is 0 Å². The molecule has 2 heteroatoms. The summed E-state index contributed by atoms with van der Waals surface area (Å²) in [6, 6.07) is 0. The molecular formula is C15H26N2. The Morgan fingerprint density at radius 1 is 1.35 bits per heavy atom. The minimum absolute atomic E-state index is 0.263. The highest BCUT2D eigenvalue weighted by molar-refractivity contribution is 5.18. The van der Waals surface area contributed by atoms with Gasteiger partial charge in [0, 0.05) is 17.8 Å². The van der Waals surface area contributed by atoms with Crippen LogP contribution in [0.1, 0.15) is 47.5 Å². The Kier molecular flexibility index (Phi) is 4.44. The predicted octanol–water partition coefficient (Wildman–Crippen LogP) is 3.79. The maximum atomic E-state index is 4.11. The van der Waals surface area contributed by atoms with Gasteiger partial charge in [-0.2, -0.15) is 0 Å². The SMILES string of the molecule is C=C(N/C(C)=C/C=C(/C)CC)N1CCC1(C)C. The second-order valence-electron chi connectivity index (χ2n) is 5.50. The Bertz CT molecular complexity index is 348. The van der Waals surface area contributed by atoms with Crippen molar-refractivity contribution in [3.8, 4) is 0 Å². The minimum atomic E-state index is 0.263. The van der Waals surface area contributed by atoms with Gasteiger partial charge < -0.3 is 10.2 Å². The molecule has 1 heterocycles. The number of nitrogens with zero attached hydrogens (tertiary/aromatic N) is 1. The molecule has 96 valence electrons. The van der Waals surface area contributed by atoms with Crippen LogP contribution >= 0.6 is 0 Å². The van der Waals surface area contributed by atoms with E-state index in [9.17, 15) is 0 Å². The van der Waals surface area contributed by atoms with E-state index in [0.717, 1.165) is 24.5 Å². The van der Waals surface area contributed by atoms with E-state index < -0.39 is 0 Å². The maximum Gasteiger partial charge on any atom is 0.0985 e. The fraction of sp³-hybridized carbons (Fsp3) is 0.600. The number of nitrogens with one attached hydrogen (secondary N) is 1. The molecule has 0 radical (unpaired) electrons. The zero-order valence-corrected chi connectivity index (χ0v) is 11.9. The molecule has 1 rings (SSSR count). The summed E-state index contributed by atoms with van der Waals surface area (Å²) in [6.45, 7) is 16.1. The van der Waals surface area contributed by atoms with Crippen LogP contribution in [0, 0.1) is 0 Å². The van der Waals surface area contributed by atoms with E-state index in [-0.39, 0.29) is 5.54 Å². The van der Waals surface area contributed by atoms with Crippen molar-refractivity contribution < 1.29 is 0 Å². The van der Waals surface area contributed by atoms with E-state index >= 15 is 0 Å². The first kappa shape index (κ1) is 13.9. The molecule has 17 heavy (non-hydrogen) atoms. The molecule has 0 atom stereocenters. The van der Waals surface area contributed by atoms with Crippen molar-refractivity contribution in [2.45, 2.75) is 53.0 Å². The molecule has 1 aliphatic heterocycles. The van der Waals surface area contributed by atoms with E-state index in [1.807, 2.05) is 0 Å². The quantitative estimate of drug-likeness (QED) is 0.728. The van der Waals surface area contributed by atoms with Crippen LogP contribution in [0.15, 0.2) is 35.8 Å². The maximum absolute atomic E-state index is 4.11. The molecule has 0 unspecified atom stereocenters. The summed E-state index contributed by atoms with van der Waals surface area (Å²) >= 11 is 0. The average Bonchev–Trinajstić information content (AvgIpc) is 2.24.